The van der Waals surface area contributed by atoms with Crippen molar-refractivity contribution < 1.29 is 9.53 Å². The maximum atomic E-state index is 13.0. The van der Waals surface area contributed by atoms with E-state index in [1.54, 1.807) is 6.20 Å². The molecule has 2 aliphatic heterocycles. The van der Waals surface area contributed by atoms with Crippen LogP contribution in [0.25, 0.3) is 0 Å². The van der Waals surface area contributed by atoms with Gasteiger partial charge in [0, 0.05) is 44.5 Å². The molecule has 26 heavy (non-hydrogen) atoms. The van der Waals surface area contributed by atoms with E-state index in [4.69, 9.17) is 4.74 Å². The number of piperazine rings is 1. The Labute approximate surface area is 151 Å². The van der Waals surface area contributed by atoms with Crippen LogP contribution in [-0.2, 0) is 11.2 Å². The Morgan fingerprint density at radius 2 is 2.00 bits per heavy atom. The first-order chi connectivity index (χ1) is 12.7. The molecule has 0 radical (unpaired) electrons. The van der Waals surface area contributed by atoms with Crippen LogP contribution in [0.1, 0.15) is 12.0 Å². The van der Waals surface area contributed by atoms with Gasteiger partial charge >= 0.3 is 0 Å². The Balaban J connectivity index is 1.41. The van der Waals surface area contributed by atoms with E-state index in [1.807, 2.05) is 34.1 Å². The first-order valence-corrected chi connectivity index (χ1v) is 9.00. The molecule has 1 saturated heterocycles. The number of fused-ring (bicyclic) bond motifs is 1. The number of carbonyl (C=O) groups excluding carboxylic acids is 1. The highest BCUT2D eigenvalue weighted by molar-refractivity contribution is 5.79. The number of carbonyl (C=O) groups is 1. The van der Waals surface area contributed by atoms with Crippen LogP contribution in [0.3, 0.4) is 0 Å². The van der Waals surface area contributed by atoms with Crippen LogP contribution in [-0.4, -0.2) is 53.6 Å². The molecule has 7 nitrogen and oxygen atoms in total. The van der Waals surface area contributed by atoms with E-state index in [0.717, 1.165) is 24.2 Å². The molecule has 7 heteroatoms. The first kappa shape index (κ1) is 16.6. The molecule has 0 aliphatic carbocycles. The van der Waals surface area contributed by atoms with Gasteiger partial charge in [0.2, 0.25) is 5.91 Å². The number of amides is 1. The van der Waals surface area contributed by atoms with Gasteiger partial charge in [-0.3, -0.25) is 9.59 Å². The molecule has 1 atom stereocenters. The fourth-order valence-electron chi connectivity index (χ4n) is 3.67. The van der Waals surface area contributed by atoms with Gasteiger partial charge in [0.05, 0.1) is 6.61 Å². The van der Waals surface area contributed by atoms with Crippen molar-refractivity contribution in [1.29, 1.82) is 0 Å². The summed E-state index contributed by atoms with van der Waals surface area (Å²) in [7, 11) is 0. The maximum Gasteiger partial charge on any atom is 0.290 e. The lowest BCUT2D eigenvalue weighted by Crippen LogP contribution is -2.51. The predicted octanol–water partition coefficient (Wildman–Crippen LogP) is 1.06. The number of hydrogen-bond donors (Lipinski definition) is 1. The average molecular weight is 354 g/mol. The standard InChI is InChI=1S/C19H22N4O3/c24-18-17(20-6-7-21-18)22-8-10-23(11-9-22)19(25)15-5-12-26-16-4-2-1-3-14(16)13-15/h1-4,6-7,15H,5,8-13H2,(H,21,24)/t15-/m0/s1. The Kier molecular flexibility index (Phi) is 4.60. The molecule has 0 bridgehead atoms. The zero-order chi connectivity index (χ0) is 17.9. The van der Waals surface area contributed by atoms with E-state index in [2.05, 4.69) is 9.97 Å². The number of rotatable bonds is 2. The van der Waals surface area contributed by atoms with Gasteiger partial charge in [0.25, 0.3) is 5.56 Å². The van der Waals surface area contributed by atoms with Crippen molar-refractivity contribution in [3.63, 3.8) is 0 Å². The summed E-state index contributed by atoms with van der Waals surface area (Å²) < 4.78 is 5.78. The molecule has 136 valence electrons. The van der Waals surface area contributed by atoms with E-state index >= 15 is 0 Å². The quantitative estimate of drug-likeness (QED) is 0.872. The highest BCUT2D eigenvalue weighted by atomic mass is 16.5. The lowest BCUT2D eigenvalue weighted by molar-refractivity contribution is -0.136. The van der Waals surface area contributed by atoms with E-state index in [0.29, 0.717) is 38.6 Å². The minimum absolute atomic E-state index is 0.0524. The topological polar surface area (TPSA) is 78.5 Å². The Bertz CT molecular complexity index is 842. The van der Waals surface area contributed by atoms with Gasteiger partial charge in [-0.1, -0.05) is 18.2 Å². The second-order valence-electron chi connectivity index (χ2n) is 6.70. The van der Waals surface area contributed by atoms with Gasteiger partial charge in [-0.2, -0.15) is 0 Å². The maximum absolute atomic E-state index is 13.0. The third-order valence-electron chi connectivity index (χ3n) is 5.09. The number of ether oxygens (including phenoxy) is 1. The molecule has 0 spiro atoms. The van der Waals surface area contributed by atoms with Crippen molar-refractivity contribution in [2.45, 2.75) is 12.8 Å². The van der Waals surface area contributed by atoms with Crippen LogP contribution in [0.5, 0.6) is 5.75 Å². The van der Waals surface area contributed by atoms with Gasteiger partial charge in [-0.25, -0.2) is 4.98 Å². The van der Waals surface area contributed by atoms with Crippen LogP contribution < -0.4 is 15.2 Å². The van der Waals surface area contributed by atoms with Crippen LogP contribution in [0.2, 0.25) is 0 Å². The molecule has 1 N–H and O–H groups in total. The molecule has 2 aromatic rings. The summed E-state index contributed by atoms with van der Waals surface area (Å²) >= 11 is 0. The lowest BCUT2D eigenvalue weighted by Gasteiger charge is -2.36. The monoisotopic (exact) mass is 354 g/mol. The van der Waals surface area contributed by atoms with Gasteiger partial charge in [-0.15, -0.1) is 0 Å². The molecule has 2 aliphatic rings. The molecule has 3 heterocycles. The number of anilines is 1. The van der Waals surface area contributed by atoms with Crippen LogP contribution in [0.15, 0.2) is 41.5 Å². The number of benzene rings is 1. The number of para-hydroxylation sites is 1. The van der Waals surface area contributed by atoms with Gasteiger partial charge in [-0.05, 0) is 24.5 Å². The summed E-state index contributed by atoms with van der Waals surface area (Å²) in [6, 6.07) is 7.94. The highest BCUT2D eigenvalue weighted by Gasteiger charge is 2.30. The number of hydrogen-bond acceptors (Lipinski definition) is 5. The molecule has 1 aromatic carbocycles. The number of aromatic nitrogens is 2. The zero-order valence-corrected chi connectivity index (χ0v) is 14.6. The smallest absolute Gasteiger partial charge is 0.290 e. The average Bonchev–Trinajstić information content (AvgIpc) is 2.90. The molecule has 1 amide bonds. The van der Waals surface area contributed by atoms with Gasteiger partial charge in [0.1, 0.15) is 5.75 Å². The largest absolute Gasteiger partial charge is 0.493 e. The van der Waals surface area contributed by atoms with E-state index in [9.17, 15) is 9.59 Å². The molecular weight excluding hydrogens is 332 g/mol. The van der Waals surface area contributed by atoms with Crippen molar-refractivity contribution in [2.75, 3.05) is 37.7 Å². The molecule has 1 aromatic heterocycles. The first-order valence-electron chi connectivity index (χ1n) is 9.00. The number of nitrogens with zero attached hydrogens (tertiary/aromatic N) is 3. The van der Waals surface area contributed by atoms with Crippen LogP contribution in [0, 0.1) is 5.92 Å². The molecule has 0 unspecified atom stereocenters. The number of nitrogens with one attached hydrogen (secondary N) is 1. The van der Waals surface area contributed by atoms with E-state index in [1.165, 1.54) is 6.20 Å². The Morgan fingerprint density at radius 3 is 2.81 bits per heavy atom. The van der Waals surface area contributed by atoms with Crippen LogP contribution in [0.4, 0.5) is 5.82 Å². The SMILES string of the molecule is O=C([C@H]1CCOc2ccccc2C1)N1CCN(c2ncc[nH]c2=O)CC1. The summed E-state index contributed by atoms with van der Waals surface area (Å²) in [6.45, 7) is 3.01. The van der Waals surface area contributed by atoms with Gasteiger partial charge in [0.15, 0.2) is 5.82 Å². The Morgan fingerprint density at radius 1 is 1.19 bits per heavy atom. The van der Waals surface area contributed by atoms with Gasteiger partial charge < -0.3 is 19.5 Å². The number of aromatic amines is 1. The lowest BCUT2D eigenvalue weighted by atomic mass is 9.95. The third kappa shape index (κ3) is 3.29. The summed E-state index contributed by atoms with van der Waals surface area (Å²) in [5.74, 6) is 1.45. The molecule has 1 fully saturated rings. The minimum Gasteiger partial charge on any atom is -0.493 e. The van der Waals surface area contributed by atoms with Crippen molar-refractivity contribution in [3.05, 3.63) is 52.6 Å². The van der Waals surface area contributed by atoms with Crippen molar-refractivity contribution in [1.82, 2.24) is 14.9 Å². The normalized spacial score (nSPS) is 20.1. The zero-order valence-electron chi connectivity index (χ0n) is 14.6. The van der Waals surface area contributed by atoms with Crippen LogP contribution >= 0.6 is 0 Å². The molecule has 0 saturated carbocycles. The third-order valence-corrected chi connectivity index (χ3v) is 5.09. The Hall–Kier alpha value is -2.83. The second-order valence-corrected chi connectivity index (χ2v) is 6.70. The fraction of sp³-hybridized carbons (Fsp3) is 0.421. The summed E-state index contributed by atoms with van der Waals surface area (Å²) in [4.78, 5) is 35.5. The minimum atomic E-state index is -0.190. The van der Waals surface area contributed by atoms with Crippen molar-refractivity contribution in [3.8, 4) is 5.75 Å². The van der Waals surface area contributed by atoms with Crippen molar-refractivity contribution in [2.24, 2.45) is 5.92 Å². The van der Waals surface area contributed by atoms with Crippen molar-refractivity contribution >= 4 is 11.7 Å². The summed E-state index contributed by atoms with van der Waals surface area (Å²) in [5.41, 5.74) is 0.909. The predicted molar refractivity (Wildman–Crippen MR) is 97.4 cm³/mol. The summed E-state index contributed by atoms with van der Waals surface area (Å²) in [5, 5.41) is 0. The second kappa shape index (κ2) is 7.19. The van der Waals surface area contributed by atoms with E-state index < -0.39 is 0 Å². The summed E-state index contributed by atoms with van der Waals surface area (Å²) in [6.07, 6.45) is 4.55. The highest BCUT2D eigenvalue weighted by Crippen LogP contribution is 2.28. The fourth-order valence-corrected chi connectivity index (χ4v) is 3.67. The molecule has 4 rings (SSSR count). The van der Waals surface area contributed by atoms with E-state index in [-0.39, 0.29) is 17.4 Å². The number of H-pyrrole nitrogens is 1. The molecular formula is C19H22N4O3.